The van der Waals surface area contributed by atoms with Crippen molar-refractivity contribution >= 4 is 5.69 Å². The van der Waals surface area contributed by atoms with E-state index in [1.807, 2.05) is 18.3 Å². The molecule has 2 heterocycles. The predicted molar refractivity (Wildman–Crippen MR) is 101 cm³/mol. The minimum absolute atomic E-state index is 0.180. The lowest BCUT2D eigenvalue weighted by Gasteiger charge is -2.27. The van der Waals surface area contributed by atoms with Crippen molar-refractivity contribution in [3.05, 3.63) is 71.3 Å². The number of aromatic nitrogens is 1. The smallest absolute Gasteiger partial charge is 0.0946 e. The molecule has 3 heteroatoms. The van der Waals surface area contributed by atoms with E-state index in [0.29, 0.717) is 0 Å². The number of hydrogen-bond acceptors (Lipinski definition) is 3. The molecule has 0 bridgehead atoms. The number of benzene rings is 1. The van der Waals surface area contributed by atoms with Crippen LogP contribution < -0.4 is 4.90 Å². The Kier molecular flexibility index (Phi) is 4.35. The summed E-state index contributed by atoms with van der Waals surface area (Å²) in [5.74, 6) is 0. The molecule has 1 aliphatic heterocycles. The topological polar surface area (TPSA) is 19.4 Å². The van der Waals surface area contributed by atoms with Gasteiger partial charge in [-0.05, 0) is 48.1 Å². The van der Waals surface area contributed by atoms with Crippen LogP contribution in [0, 0.1) is 13.8 Å². The molecule has 126 valence electrons. The van der Waals surface area contributed by atoms with Gasteiger partial charge in [-0.25, -0.2) is 0 Å². The second-order valence-electron chi connectivity index (χ2n) is 7.69. The molecule has 0 atom stereocenters. The van der Waals surface area contributed by atoms with Gasteiger partial charge < -0.3 is 9.80 Å². The average molecular weight is 321 g/mol. The molecule has 1 aromatic heterocycles. The van der Waals surface area contributed by atoms with Gasteiger partial charge in [0.15, 0.2) is 0 Å². The van der Waals surface area contributed by atoms with E-state index >= 15 is 0 Å². The van der Waals surface area contributed by atoms with Crippen LogP contribution in [0.1, 0.15) is 43.2 Å². The first-order valence-corrected chi connectivity index (χ1v) is 8.55. The Labute approximate surface area is 145 Å². The van der Waals surface area contributed by atoms with Crippen molar-refractivity contribution in [3.8, 4) is 0 Å². The molecular formula is C21H27N3. The number of nitrogens with zero attached hydrogens (tertiary/aromatic N) is 3. The van der Waals surface area contributed by atoms with Crippen molar-refractivity contribution in [2.45, 2.75) is 46.6 Å². The van der Waals surface area contributed by atoms with Crippen molar-refractivity contribution in [3.63, 3.8) is 0 Å². The summed E-state index contributed by atoms with van der Waals surface area (Å²) in [6.45, 7) is 12.9. The van der Waals surface area contributed by atoms with Gasteiger partial charge in [-0.2, -0.15) is 0 Å². The summed E-state index contributed by atoms with van der Waals surface area (Å²) in [6, 6.07) is 10.7. The van der Waals surface area contributed by atoms with E-state index in [0.717, 1.165) is 18.9 Å². The molecule has 3 nitrogen and oxygen atoms in total. The van der Waals surface area contributed by atoms with Gasteiger partial charge in [-0.1, -0.05) is 39.0 Å². The van der Waals surface area contributed by atoms with E-state index in [1.165, 1.54) is 22.4 Å². The standard InChI is InChI=1S/C21H27N3/c1-16-12-18(21(3,4)5)13-17(2)20(16)24-11-10-23(15-24)14-19-8-6-7-9-22-19/h6-13H,14-15H2,1-5H3. The summed E-state index contributed by atoms with van der Waals surface area (Å²) in [6.07, 6.45) is 6.19. The molecule has 0 saturated heterocycles. The van der Waals surface area contributed by atoms with Crippen molar-refractivity contribution in [1.29, 1.82) is 0 Å². The zero-order valence-electron chi connectivity index (χ0n) is 15.4. The van der Waals surface area contributed by atoms with E-state index < -0.39 is 0 Å². The van der Waals surface area contributed by atoms with Crippen LogP contribution in [0.5, 0.6) is 0 Å². The van der Waals surface area contributed by atoms with Crippen molar-refractivity contribution < 1.29 is 0 Å². The fourth-order valence-electron chi connectivity index (χ4n) is 3.25. The Morgan fingerprint density at radius 1 is 1.04 bits per heavy atom. The van der Waals surface area contributed by atoms with Crippen LogP contribution in [0.4, 0.5) is 5.69 Å². The van der Waals surface area contributed by atoms with Crippen LogP contribution in [-0.4, -0.2) is 16.6 Å². The summed E-state index contributed by atoms with van der Waals surface area (Å²) in [5.41, 5.74) is 6.67. The molecular weight excluding hydrogens is 294 g/mol. The van der Waals surface area contributed by atoms with Crippen LogP contribution in [0.15, 0.2) is 48.9 Å². The molecule has 0 amide bonds. The first-order chi connectivity index (χ1) is 11.3. The third kappa shape index (κ3) is 3.45. The summed E-state index contributed by atoms with van der Waals surface area (Å²) in [4.78, 5) is 9.04. The number of pyridine rings is 1. The molecule has 0 saturated carbocycles. The third-order valence-electron chi connectivity index (χ3n) is 4.53. The van der Waals surface area contributed by atoms with E-state index in [1.54, 1.807) is 0 Å². The lowest BCUT2D eigenvalue weighted by molar-refractivity contribution is 0.394. The first-order valence-electron chi connectivity index (χ1n) is 8.55. The fourth-order valence-corrected chi connectivity index (χ4v) is 3.25. The summed E-state index contributed by atoms with van der Waals surface area (Å²) in [5, 5.41) is 0. The second kappa shape index (κ2) is 6.31. The molecule has 0 unspecified atom stereocenters. The average Bonchev–Trinajstić information content (AvgIpc) is 2.94. The van der Waals surface area contributed by atoms with E-state index in [-0.39, 0.29) is 5.41 Å². The Bertz CT molecular complexity index is 718. The van der Waals surface area contributed by atoms with Crippen molar-refractivity contribution in [2.75, 3.05) is 11.6 Å². The molecule has 24 heavy (non-hydrogen) atoms. The fraction of sp³-hybridized carbons (Fsp3) is 0.381. The highest BCUT2D eigenvalue weighted by Gasteiger charge is 2.21. The largest absolute Gasteiger partial charge is 0.352 e. The minimum Gasteiger partial charge on any atom is -0.352 e. The minimum atomic E-state index is 0.180. The highest BCUT2D eigenvalue weighted by atomic mass is 15.3. The van der Waals surface area contributed by atoms with Crippen LogP contribution >= 0.6 is 0 Å². The molecule has 2 aromatic rings. The summed E-state index contributed by atoms with van der Waals surface area (Å²) in [7, 11) is 0. The van der Waals surface area contributed by atoms with Crippen LogP contribution in [0.2, 0.25) is 0 Å². The van der Waals surface area contributed by atoms with E-state index in [4.69, 9.17) is 0 Å². The van der Waals surface area contributed by atoms with Crippen LogP contribution in [0.25, 0.3) is 0 Å². The molecule has 0 N–H and O–H groups in total. The summed E-state index contributed by atoms with van der Waals surface area (Å²) < 4.78 is 0. The quantitative estimate of drug-likeness (QED) is 0.813. The lowest BCUT2D eigenvalue weighted by Crippen LogP contribution is -2.26. The van der Waals surface area contributed by atoms with Gasteiger partial charge in [0, 0.05) is 24.3 Å². The summed E-state index contributed by atoms with van der Waals surface area (Å²) >= 11 is 0. The molecule has 0 radical (unpaired) electrons. The molecule has 3 rings (SSSR count). The maximum atomic E-state index is 4.42. The van der Waals surface area contributed by atoms with Gasteiger partial charge in [0.25, 0.3) is 0 Å². The lowest BCUT2D eigenvalue weighted by atomic mass is 9.84. The van der Waals surface area contributed by atoms with E-state index in [2.05, 4.69) is 80.0 Å². The molecule has 1 aliphatic rings. The van der Waals surface area contributed by atoms with Gasteiger partial charge in [0.05, 0.1) is 18.9 Å². The zero-order valence-corrected chi connectivity index (χ0v) is 15.4. The SMILES string of the molecule is Cc1cc(C(C)(C)C)cc(C)c1N1C=CN(Cc2ccccn2)C1. The highest BCUT2D eigenvalue weighted by molar-refractivity contribution is 5.63. The zero-order chi connectivity index (χ0) is 17.3. The van der Waals surface area contributed by atoms with Crippen LogP contribution in [0.3, 0.4) is 0 Å². The number of aryl methyl sites for hydroxylation is 2. The molecule has 0 spiro atoms. The Morgan fingerprint density at radius 3 is 2.33 bits per heavy atom. The monoisotopic (exact) mass is 321 g/mol. The van der Waals surface area contributed by atoms with Gasteiger partial charge in [0.1, 0.15) is 0 Å². The van der Waals surface area contributed by atoms with Crippen LogP contribution in [-0.2, 0) is 12.0 Å². The third-order valence-corrected chi connectivity index (χ3v) is 4.53. The van der Waals surface area contributed by atoms with Gasteiger partial charge in [-0.3, -0.25) is 4.98 Å². The van der Waals surface area contributed by atoms with Gasteiger partial charge in [0.2, 0.25) is 0 Å². The number of anilines is 1. The Balaban J connectivity index is 1.78. The highest BCUT2D eigenvalue weighted by Crippen LogP contribution is 2.33. The Morgan fingerprint density at radius 2 is 1.75 bits per heavy atom. The van der Waals surface area contributed by atoms with Gasteiger partial charge >= 0.3 is 0 Å². The molecule has 1 aromatic carbocycles. The second-order valence-corrected chi connectivity index (χ2v) is 7.69. The molecule has 0 aliphatic carbocycles. The normalized spacial score (nSPS) is 14.5. The Hall–Kier alpha value is -2.29. The predicted octanol–water partition coefficient (Wildman–Crippen LogP) is 4.75. The number of rotatable bonds is 3. The maximum absolute atomic E-state index is 4.42. The van der Waals surface area contributed by atoms with Crippen molar-refractivity contribution in [1.82, 2.24) is 9.88 Å². The first kappa shape index (κ1) is 16.6. The van der Waals surface area contributed by atoms with Crippen molar-refractivity contribution in [2.24, 2.45) is 0 Å². The van der Waals surface area contributed by atoms with E-state index in [9.17, 15) is 0 Å². The number of hydrogen-bond donors (Lipinski definition) is 0. The maximum Gasteiger partial charge on any atom is 0.0946 e. The van der Waals surface area contributed by atoms with Gasteiger partial charge in [-0.15, -0.1) is 0 Å². The molecule has 0 fully saturated rings.